The van der Waals surface area contributed by atoms with Gasteiger partial charge in [-0.2, -0.15) is 0 Å². The van der Waals surface area contributed by atoms with Gasteiger partial charge in [0.2, 0.25) is 0 Å². The van der Waals surface area contributed by atoms with Crippen molar-refractivity contribution in [3.05, 3.63) is 0 Å². The molecular weight excluding hydrogens is 210 g/mol. The second-order valence-corrected chi connectivity index (χ2v) is 5.61. The number of hydrogen-bond donors (Lipinski definition) is 2. The minimum Gasteiger partial charge on any atom is -0.392 e. The third-order valence-electron chi connectivity index (χ3n) is 3.08. The molecule has 2 heteroatoms. The Morgan fingerprint density at radius 1 is 0.941 bits per heavy atom. The standard InChI is InChI=1S/C15H33NO/c1-4-5-6-7-8-9-10-11-16-13-15(17)12-14(2)3/h14-17H,4-13H2,1-3H3. The van der Waals surface area contributed by atoms with Crippen LogP contribution >= 0.6 is 0 Å². The maximum absolute atomic E-state index is 9.66. The van der Waals surface area contributed by atoms with Gasteiger partial charge >= 0.3 is 0 Å². The minimum absolute atomic E-state index is 0.167. The molecule has 0 aromatic carbocycles. The van der Waals surface area contributed by atoms with Crippen LogP contribution < -0.4 is 5.32 Å². The molecule has 0 heterocycles. The van der Waals surface area contributed by atoms with E-state index in [2.05, 4.69) is 26.1 Å². The summed E-state index contributed by atoms with van der Waals surface area (Å²) < 4.78 is 0. The van der Waals surface area contributed by atoms with Crippen molar-refractivity contribution in [2.75, 3.05) is 13.1 Å². The second kappa shape index (κ2) is 12.4. The van der Waals surface area contributed by atoms with Crippen molar-refractivity contribution in [3.8, 4) is 0 Å². The molecule has 2 nitrogen and oxygen atoms in total. The summed E-state index contributed by atoms with van der Waals surface area (Å²) in [7, 11) is 0. The molecule has 1 unspecified atom stereocenters. The van der Waals surface area contributed by atoms with Crippen LogP contribution in [-0.4, -0.2) is 24.3 Å². The Labute approximate surface area is 108 Å². The lowest BCUT2D eigenvalue weighted by molar-refractivity contribution is 0.146. The molecule has 0 fully saturated rings. The van der Waals surface area contributed by atoms with E-state index in [1.165, 1.54) is 44.9 Å². The van der Waals surface area contributed by atoms with Gasteiger partial charge in [-0.1, -0.05) is 59.3 Å². The first-order valence-electron chi connectivity index (χ1n) is 7.55. The summed E-state index contributed by atoms with van der Waals surface area (Å²) in [6, 6.07) is 0. The van der Waals surface area contributed by atoms with E-state index >= 15 is 0 Å². The Kier molecular flexibility index (Phi) is 12.3. The molecule has 0 aliphatic heterocycles. The molecule has 0 aliphatic rings. The summed E-state index contributed by atoms with van der Waals surface area (Å²) >= 11 is 0. The fraction of sp³-hybridized carbons (Fsp3) is 1.00. The largest absolute Gasteiger partial charge is 0.392 e. The SMILES string of the molecule is CCCCCCCCCNCC(O)CC(C)C. The van der Waals surface area contributed by atoms with Crippen molar-refractivity contribution >= 4 is 0 Å². The first kappa shape index (κ1) is 16.9. The van der Waals surface area contributed by atoms with E-state index in [-0.39, 0.29) is 6.10 Å². The average molecular weight is 243 g/mol. The van der Waals surface area contributed by atoms with Crippen LogP contribution in [-0.2, 0) is 0 Å². The molecule has 0 amide bonds. The molecule has 0 aromatic heterocycles. The van der Waals surface area contributed by atoms with Crippen molar-refractivity contribution in [1.29, 1.82) is 0 Å². The smallest absolute Gasteiger partial charge is 0.0667 e. The van der Waals surface area contributed by atoms with Gasteiger partial charge < -0.3 is 10.4 Å². The fourth-order valence-electron chi connectivity index (χ4n) is 2.10. The summed E-state index contributed by atoms with van der Waals surface area (Å²) in [5.41, 5.74) is 0. The Morgan fingerprint density at radius 3 is 2.12 bits per heavy atom. The van der Waals surface area contributed by atoms with Gasteiger partial charge in [-0.3, -0.25) is 0 Å². The molecule has 0 radical (unpaired) electrons. The molecule has 0 aliphatic carbocycles. The van der Waals surface area contributed by atoms with Crippen LogP contribution in [0.2, 0.25) is 0 Å². The van der Waals surface area contributed by atoms with Crippen molar-refractivity contribution < 1.29 is 5.11 Å². The average Bonchev–Trinajstić information content (AvgIpc) is 2.26. The maximum Gasteiger partial charge on any atom is 0.0667 e. The highest BCUT2D eigenvalue weighted by atomic mass is 16.3. The van der Waals surface area contributed by atoms with E-state index in [1.807, 2.05) is 0 Å². The summed E-state index contributed by atoms with van der Waals surface area (Å²) in [4.78, 5) is 0. The lowest BCUT2D eigenvalue weighted by Crippen LogP contribution is -2.28. The van der Waals surface area contributed by atoms with Gasteiger partial charge in [0.05, 0.1) is 6.10 Å². The second-order valence-electron chi connectivity index (χ2n) is 5.61. The van der Waals surface area contributed by atoms with Crippen LogP contribution in [0.25, 0.3) is 0 Å². The predicted molar refractivity (Wildman–Crippen MR) is 76.3 cm³/mol. The molecule has 104 valence electrons. The Bertz CT molecular complexity index is 148. The Hall–Kier alpha value is -0.0800. The summed E-state index contributed by atoms with van der Waals surface area (Å²) in [5.74, 6) is 0.588. The third kappa shape index (κ3) is 13.9. The van der Waals surface area contributed by atoms with Gasteiger partial charge in [0.15, 0.2) is 0 Å². The van der Waals surface area contributed by atoms with Crippen LogP contribution in [0.1, 0.15) is 72.1 Å². The van der Waals surface area contributed by atoms with Crippen molar-refractivity contribution in [3.63, 3.8) is 0 Å². The Morgan fingerprint density at radius 2 is 1.53 bits per heavy atom. The zero-order valence-electron chi connectivity index (χ0n) is 12.2. The lowest BCUT2D eigenvalue weighted by atomic mass is 10.1. The van der Waals surface area contributed by atoms with Crippen LogP contribution in [0.5, 0.6) is 0 Å². The quantitative estimate of drug-likeness (QED) is 0.512. The number of aliphatic hydroxyl groups excluding tert-OH is 1. The van der Waals surface area contributed by atoms with Crippen molar-refractivity contribution in [2.24, 2.45) is 5.92 Å². The van der Waals surface area contributed by atoms with Crippen LogP contribution in [0.3, 0.4) is 0 Å². The summed E-state index contributed by atoms with van der Waals surface area (Å²) in [5, 5.41) is 13.0. The number of hydrogen-bond acceptors (Lipinski definition) is 2. The highest BCUT2D eigenvalue weighted by Crippen LogP contribution is 2.06. The van der Waals surface area contributed by atoms with E-state index in [4.69, 9.17) is 0 Å². The monoisotopic (exact) mass is 243 g/mol. The van der Waals surface area contributed by atoms with Gasteiger partial charge in [-0.25, -0.2) is 0 Å². The topological polar surface area (TPSA) is 32.3 Å². The fourth-order valence-corrected chi connectivity index (χ4v) is 2.10. The highest BCUT2D eigenvalue weighted by molar-refractivity contribution is 4.61. The molecule has 0 saturated carbocycles. The molecule has 0 bridgehead atoms. The predicted octanol–water partition coefficient (Wildman–Crippen LogP) is 3.73. The summed E-state index contributed by atoms with van der Waals surface area (Å²) in [6.45, 7) is 8.38. The van der Waals surface area contributed by atoms with Crippen molar-refractivity contribution in [1.82, 2.24) is 5.32 Å². The van der Waals surface area contributed by atoms with E-state index in [0.29, 0.717) is 5.92 Å². The molecule has 0 spiro atoms. The Balaban J connectivity index is 3.07. The van der Waals surface area contributed by atoms with Gasteiger partial charge in [0.25, 0.3) is 0 Å². The lowest BCUT2D eigenvalue weighted by Gasteiger charge is -2.13. The minimum atomic E-state index is -0.167. The molecule has 1 atom stereocenters. The van der Waals surface area contributed by atoms with Crippen molar-refractivity contribution in [2.45, 2.75) is 78.2 Å². The number of rotatable bonds is 12. The number of unbranched alkanes of at least 4 members (excludes halogenated alkanes) is 6. The third-order valence-corrected chi connectivity index (χ3v) is 3.08. The zero-order chi connectivity index (χ0) is 12.9. The van der Waals surface area contributed by atoms with Crippen LogP contribution in [0, 0.1) is 5.92 Å². The van der Waals surface area contributed by atoms with E-state index in [1.54, 1.807) is 0 Å². The number of nitrogens with one attached hydrogen (secondary N) is 1. The highest BCUT2D eigenvalue weighted by Gasteiger charge is 2.05. The van der Waals surface area contributed by atoms with E-state index in [0.717, 1.165) is 19.5 Å². The van der Waals surface area contributed by atoms with E-state index < -0.39 is 0 Å². The maximum atomic E-state index is 9.66. The molecule has 0 rings (SSSR count). The first-order chi connectivity index (χ1) is 8.16. The molecular formula is C15H33NO. The normalized spacial score (nSPS) is 13.2. The molecule has 0 saturated heterocycles. The first-order valence-corrected chi connectivity index (χ1v) is 7.55. The van der Waals surface area contributed by atoms with Gasteiger partial charge in [0.1, 0.15) is 0 Å². The molecule has 17 heavy (non-hydrogen) atoms. The zero-order valence-corrected chi connectivity index (χ0v) is 12.2. The van der Waals surface area contributed by atoms with Crippen LogP contribution in [0.15, 0.2) is 0 Å². The van der Waals surface area contributed by atoms with Gasteiger partial charge in [-0.05, 0) is 25.3 Å². The van der Waals surface area contributed by atoms with Gasteiger partial charge in [0, 0.05) is 6.54 Å². The molecule has 2 N–H and O–H groups in total. The van der Waals surface area contributed by atoms with E-state index in [9.17, 15) is 5.11 Å². The van der Waals surface area contributed by atoms with Crippen LogP contribution in [0.4, 0.5) is 0 Å². The summed E-state index contributed by atoms with van der Waals surface area (Å²) in [6.07, 6.45) is 10.2. The molecule has 0 aromatic rings. The van der Waals surface area contributed by atoms with Gasteiger partial charge in [-0.15, -0.1) is 0 Å². The number of aliphatic hydroxyl groups is 1.